The van der Waals surface area contributed by atoms with Crippen molar-refractivity contribution in [2.75, 3.05) is 5.75 Å². The van der Waals surface area contributed by atoms with Crippen molar-refractivity contribution in [3.63, 3.8) is 0 Å². The Bertz CT molecular complexity index is 876. The average molecular weight is 408 g/mol. The second kappa shape index (κ2) is 6.80. The van der Waals surface area contributed by atoms with Gasteiger partial charge in [0, 0.05) is 12.2 Å². The number of rotatable bonds is 3. The molecule has 0 N–H and O–H groups in total. The standard InChI is InChI=1S/C19H15Cl2NO3S/c20-13-7-4-8-15(17(13)21)25-18(24)14-11-26-19(10-9-16(23)22(14)19)12-5-2-1-3-6-12/h1-8,14H,9-11H2/t14-,19+/m1/s1. The zero-order valence-electron chi connectivity index (χ0n) is 13.7. The van der Waals surface area contributed by atoms with E-state index in [4.69, 9.17) is 27.9 Å². The van der Waals surface area contributed by atoms with Crippen LogP contribution in [0.2, 0.25) is 10.0 Å². The maximum atomic E-state index is 12.8. The van der Waals surface area contributed by atoms with E-state index in [1.54, 1.807) is 34.9 Å². The first-order valence-corrected chi connectivity index (χ1v) is 9.94. The molecule has 2 aromatic carbocycles. The van der Waals surface area contributed by atoms with Crippen molar-refractivity contribution in [2.45, 2.75) is 23.8 Å². The van der Waals surface area contributed by atoms with Crippen LogP contribution in [0.5, 0.6) is 5.75 Å². The molecule has 2 aliphatic heterocycles. The fourth-order valence-electron chi connectivity index (χ4n) is 3.56. The molecule has 7 heteroatoms. The second-order valence-electron chi connectivity index (χ2n) is 6.21. The molecule has 4 nitrogen and oxygen atoms in total. The van der Waals surface area contributed by atoms with Crippen molar-refractivity contribution in [2.24, 2.45) is 0 Å². The highest BCUT2D eigenvalue weighted by Gasteiger charge is 2.57. The van der Waals surface area contributed by atoms with E-state index in [0.717, 1.165) is 5.56 Å². The molecule has 0 saturated carbocycles. The minimum atomic E-state index is -0.648. The third kappa shape index (κ3) is 2.79. The van der Waals surface area contributed by atoms with Gasteiger partial charge in [-0.25, -0.2) is 4.79 Å². The predicted molar refractivity (Wildman–Crippen MR) is 103 cm³/mol. The topological polar surface area (TPSA) is 46.6 Å². The van der Waals surface area contributed by atoms with Crippen LogP contribution in [0.3, 0.4) is 0 Å². The van der Waals surface area contributed by atoms with E-state index in [0.29, 0.717) is 23.6 Å². The highest BCUT2D eigenvalue weighted by Crippen LogP contribution is 2.54. The second-order valence-corrected chi connectivity index (χ2v) is 8.30. The number of amides is 1. The Kier molecular flexibility index (Phi) is 4.63. The van der Waals surface area contributed by atoms with Gasteiger partial charge in [0.1, 0.15) is 15.9 Å². The molecule has 134 valence electrons. The summed E-state index contributed by atoms with van der Waals surface area (Å²) in [5.74, 6) is 0.170. The Morgan fingerprint density at radius 2 is 1.92 bits per heavy atom. The number of benzene rings is 2. The summed E-state index contributed by atoms with van der Waals surface area (Å²) in [6, 6.07) is 14.1. The number of carbonyl (C=O) groups is 2. The number of ether oxygens (including phenoxy) is 1. The molecule has 2 aromatic rings. The van der Waals surface area contributed by atoms with Gasteiger partial charge in [-0.15, -0.1) is 11.8 Å². The summed E-state index contributed by atoms with van der Waals surface area (Å²) < 4.78 is 5.48. The molecule has 0 unspecified atom stereocenters. The molecule has 2 aliphatic rings. The molecule has 2 saturated heterocycles. The molecule has 0 bridgehead atoms. The Morgan fingerprint density at radius 3 is 2.69 bits per heavy atom. The minimum Gasteiger partial charge on any atom is -0.423 e. The van der Waals surface area contributed by atoms with Crippen LogP contribution in [-0.2, 0) is 14.5 Å². The lowest BCUT2D eigenvalue weighted by molar-refractivity contribution is -0.146. The molecule has 0 aromatic heterocycles. The Balaban J connectivity index is 1.63. The Hall–Kier alpha value is -1.69. The number of nitrogens with zero attached hydrogens (tertiary/aromatic N) is 1. The van der Waals surface area contributed by atoms with Crippen LogP contribution in [0, 0.1) is 0 Å². The SMILES string of the molecule is O=C(Oc1cccc(Cl)c1Cl)[C@H]1CS[C@]2(c3ccccc3)CCC(=O)N12. The van der Waals surface area contributed by atoms with Gasteiger partial charge in [-0.05, 0) is 24.1 Å². The first-order chi connectivity index (χ1) is 12.5. The van der Waals surface area contributed by atoms with Gasteiger partial charge in [-0.2, -0.15) is 0 Å². The van der Waals surface area contributed by atoms with Crippen LogP contribution in [-0.4, -0.2) is 28.6 Å². The molecule has 0 radical (unpaired) electrons. The van der Waals surface area contributed by atoms with Crippen molar-refractivity contribution >= 4 is 46.8 Å². The lowest BCUT2D eigenvalue weighted by atomic mass is 10.0. The smallest absolute Gasteiger partial charge is 0.335 e. The molecule has 0 spiro atoms. The highest BCUT2D eigenvalue weighted by atomic mass is 35.5. The largest absolute Gasteiger partial charge is 0.423 e. The molecular weight excluding hydrogens is 393 g/mol. The van der Waals surface area contributed by atoms with E-state index < -0.39 is 16.9 Å². The Labute approximate surface area is 165 Å². The molecule has 2 fully saturated rings. The van der Waals surface area contributed by atoms with E-state index >= 15 is 0 Å². The Morgan fingerprint density at radius 1 is 1.15 bits per heavy atom. The van der Waals surface area contributed by atoms with Crippen molar-refractivity contribution in [1.29, 1.82) is 0 Å². The number of carbonyl (C=O) groups excluding carboxylic acids is 2. The van der Waals surface area contributed by atoms with E-state index in [1.165, 1.54) is 0 Å². The zero-order chi connectivity index (χ0) is 18.3. The van der Waals surface area contributed by atoms with Crippen molar-refractivity contribution in [3.8, 4) is 5.75 Å². The van der Waals surface area contributed by atoms with Crippen LogP contribution in [0.4, 0.5) is 0 Å². The summed E-state index contributed by atoms with van der Waals surface area (Å²) >= 11 is 13.7. The normalized spacial score (nSPS) is 24.6. The summed E-state index contributed by atoms with van der Waals surface area (Å²) in [4.78, 5) is 26.6. The molecule has 2 heterocycles. The van der Waals surface area contributed by atoms with Gasteiger partial charge in [-0.1, -0.05) is 59.6 Å². The maximum absolute atomic E-state index is 12.8. The number of hydrogen-bond acceptors (Lipinski definition) is 4. The lowest BCUT2D eigenvalue weighted by Crippen LogP contribution is -2.47. The molecular formula is C19H15Cl2NO3S. The summed E-state index contributed by atoms with van der Waals surface area (Å²) in [7, 11) is 0. The minimum absolute atomic E-state index is 0.0296. The first-order valence-electron chi connectivity index (χ1n) is 8.20. The van der Waals surface area contributed by atoms with Gasteiger partial charge >= 0.3 is 5.97 Å². The van der Waals surface area contributed by atoms with E-state index in [9.17, 15) is 9.59 Å². The monoisotopic (exact) mass is 407 g/mol. The van der Waals surface area contributed by atoms with E-state index in [-0.39, 0.29) is 16.7 Å². The number of thioether (sulfide) groups is 1. The van der Waals surface area contributed by atoms with Gasteiger partial charge in [0.05, 0.1) is 5.02 Å². The van der Waals surface area contributed by atoms with Gasteiger partial charge < -0.3 is 9.64 Å². The molecule has 0 aliphatic carbocycles. The van der Waals surface area contributed by atoms with Gasteiger partial charge in [0.25, 0.3) is 0 Å². The maximum Gasteiger partial charge on any atom is 0.335 e. The number of fused-ring (bicyclic) bond motifs is 1. The van der Waals surface area contributed by atoms with Crippen LogP contribution in [0.25, 0.3) is 0 Å². The van der Waals surface area contributed by atoms with Gasteiger partial charge in [0.15, 0.2) is 5.75 Å². The quantitative estimate of drug-likeness (QED) is 0.555. The van der Waals surface area contributed by atoms with Gasteiger partial charge in [-0.3, -0.25) is 4.79 Å². The van der Waals surface area contributed by atoms with E-state index in [2.05, 4.69) is 0 Å². The van der Waals surface area contributed by atoms with Crippen LogP contribution < -0.4 is 4.74 Å². The van der Waals surface area contributed by atoms with Crippen molar-refractivity contribution < 1.29 is 14.3 Å². The number of esters is 1. The third-order valence-electron chi connectivity index (χ3n) is 4.75. The summed E-state index contributed by atoms with van der Waals surface area (Å²) in [5, 5.41) is 0.504. The fraction of sp³-hybridized carbons (Fsp3) is 0.263. The first kappa shape index (κ1) is 17.7. The van der Waals surface area contributed by atoms with Crippen LogP contribution in [0.15, 0.2) is 48.5 Å². The third-order valence-corrected chi connectivity index (χ3v) is 7.15. The lowest BCUT2D eigenvalue weighted by Gasteiger charge is -2.33. The zero-order valence-corrected chi connectivity index (χ0v) is 16.0. The summed E-state index contributed by atoms with van der Waals surface area (Å²) in [5.41, 5.74) is 1.03. The van der Waals surface area contributed by atoms with Gasteiger partial charge in [0.2, 0.25) is 5.91 Å². The molecule has 1 amide bonds. The predicted octanol–water partition coefficient (Wildman–Crippen LogP) is 4.49. The number of halogens is 2. The fourth-order valence-corrected chi connectivity index (χ4v) is 5.52. The summed E-state index contributed by atoms with van der Waals surface area (Å²) in [6.07, 6.45) is 1.10. The number of hydrogen-bond donors (Lipinski definition) is 0. The van der Waals surface area contributed by atoms with Crippen LogP contribution >= 0.6 is 35.0 Å². The van der Waals surface area contributed by atoms with Crippen LogP contribution in [0.1, 0.15) is 18.4 Å². The van der Waals surface area contributed by atoms with Crippen molar-refractivity contribution in [3.05, 3.63) is 64.1 Å². The van der Waals surface area contributed by atoms with E-state index in [1.807, 2.05) is 30.3 Å². The molecule has 26 heavy (non-hydrogen) atoms. The highest BCUT2D eigenvalue weighted by molar-refractivity contribution is 8.00. The average Bonchev–Trinajstić information content (AvgIpc) is 3.19. The molecule has 2 atom stereocenters. The molecule has 4 rings (SSSR count). The van der Waals surface area contributed by atoms with Crippen molar-refractivity contribution in [1.82, 2.24) is 4.90 Å². The summed E-state index contributed by atoms with van der Waals surface area (Å²) in [6.45, 7) is 0.